The molecule has 0 radical (unpaired) electrons. The molecule has 7 nitrogen and oxygen atoms in total. The Morgan fingerprint density at radius 1 is 1.41 bits per heavy atom. The molecule has 1 aromatic rings. The molecule has 1 atom stereocenters. The van der Waals surface area contributed by atoms with Crippen molar-refractivity contribution >= 4 is 25.0 Å². The summed E-state index contributed by atoms with van der Waals surface area (Å²) in [5.41, 5.74) is 5.15. The first-order valence-corrected chi connectivity index (χ1v) is 6.62. The second-order valence-electron chi connectivity index (χ2n) is 2.90. The molecule has 1 aromatic carbocycles. The number of non-ortho nitro benzene ring substituents is 1. The van der Waals surface area contributed by atoms with Gasteiger partial charge in [-0.15, -0.1) is 11.6 Å². The fraction of sp³-hybridized carbons (Fsp3) is 0.250. The summed E-state index contributed by atoms with van der Waals surface area (Å²) in [6, 6.07) is 4.97. The van der Waals surface area contributed by atoms with Gasteiger partial charge < -0.3 is 4.52 Å². The SMILES string of the molecule is NP(=O)(OCCCl)Oc1ccc([N+](=O)[O-])cc1. The Balaban J connectivity index is 2.68. The summed E-state index contributed by atoms with van der Waals surface area (Å²) in [5, 5.41) is 10.4. The van der Waals surface area contributed by atoms with Gasteiger partial charge in [-0.3, -0.25) is 14.6 Å². The number of hydrogen-bond donors (Lipinski definition) is 1. The molecule has 0 aliphatic heterocycles. The summed E-state index contributed by atoms with van der Waals surface area (Å²) in [4.78, 5) is 9.83. The highest BCUT2D eigenvalue weighted by molar-refractivity contribution is 7.51. The van der Waals surface area contributed by atoms with E-state index in [1.807, 2.05) is 0 Å². The lowest BCUT2D eigenvalue weighted by atomic mass is 10.3. The molecule has 0 amide bonds. The van der Waals surface area contributed by atoms with Crippen LogP contribution in [0.3, 0.4) is 0 Å². The predicted octanol–water partition coefficient (Wildman–Crippen LogP) is 2.30. The van der Waals surface area contributed by atoms with E-state index in [9.17, 15) is 14.7 Å². The molecule has 94 valence electrons. The van der Waals surface area contributed by atoms with Gasteiger partial charge in [0.2, 0.25) is 0 Å². The molecule has 0 aromatic heterocycles. The maximum atomic E-state index is 11.5. The van der Waals surface area contributed by atoms with Crippen LogP contribution in [0.2, 0.25) is 0 Å². The van der Waals surface area contributed by atoms with Crippen LogP contribution in [-0.2, 0) is 9.09 Å². The lowest BCUT2D eigenvalue weighted by Gasteiger charge is -2.13. The standard InChI is InChI=1S/C8H10ClN2O5P/c9-5-6-15-17(10,14)16-8-3-1-7(2-4-8)11(12)13/h1-4H,5-6H2,(H2,10,14). The Labute approximate surface area is 102 Å². The number of alkyl halides is 1. The number of nitrogens with two attached hydrogens (primary N) is 1. The normalized spacial score (nSPS) is 14.0. The molecule has 0 bridgehead atoms. The van der Waals surface area contributed by atoms with Crippen molar-refractivity contribution in [2.45, 2.75) is 0 Å². The molecule has 0 saturated heterocycles. The van der Waals surface area contributed by atoms with E-state index in [-0.39, 0.29) is 23.9 Å². The minimum atomic E-state index is -3.72. The van der Waals surface area contributed by atoms with Crippen LogP contribution < -0.4 is 10.0 Å². The number of rotatable bonds is 6. The summed E-state index contributed by atoms with van der Waals surface area (Å²) < 4.78 is 21.1. The molecule has 0 spiro atoms. The number of nitrogens with zero attached hydrogens (tertiary/aromatic N) is 1. The quantitative estimate of drug-likeness (QED) is 0.371. The van der Waals surface area contributed by atoms with Gasteiger partial charge in [0.05, 0.1) is 11.5 Å². The zero-order chi connectivity index (χ0) is 12.9. The molecular formula is C8H10ClN2O5P. The summed E-state index contributed by atoms with van der Waals surface area (Å²) in [7, 11) is -3.72. The number of hydrogen-bond acceptors (Lipinski definition) is 5. The second kappa shape index (κ2) is 5.97. The summed E-state index contributed by atoms with van der Waals surface area (Å²) in [6.07, 6.45) is 0. The topological polar surface area (TPSA) is 105 Å². The maximum absolute atomic E-state index is 11.5. The van der Waals surface area contributed by atoms with Gasteiger partial charge in [-0.2, -0.15) is 0 Å². The van der Waals surface area contributed by atoms with Crippen LogP contribution in [0.15, 0.2) is 24.3 Å². The second-order valence-corrected chi connectivity index (χ2v) is 4.80. The third-order valence-corrected chi connectivity index (χ3v) is 2.79. The van der Waals surface area contributed by atoms with Crippen LogP contribution in [0.5, 0.6) is 5.75 Å². The fourth-order valence-electron chi connectivity index (χ4n) is 0.964. The fourth-order valence-corrected chi connectivity index (χ4v) is 1.96. The molecule has 0 heterocycles. The van der Waals surface area contributed by atoms with Crippen LogP contribution in [0.25, 0.3) is 0 Å². The van der Waals surface area contributed by atoms with E-state index in [0.29, 0.717) is 0 Å². The Hall–Kier alpha value is -1.14. The molecule has 0 aliphatic rings. The lowest BCUT2D eigenvalue weighted by Crippen LogP contribution is -2.08. The van der Waals surface area contributed by atoms with Crippen molar-refractivity contribution in [2.75, 3.05) is 12.5 Å². The molecular weight excluding hydrogens is 271 g/mol. The Morgan fingerprint density at radius 2 is 2.00 bits per heavy atom. The van der Waals surface area contributed by atoms with E-state index in [0.717, 1.165) is 0 Å². The molecule has 0 saturated carbocycles. The minimum absolute atomic E-state index is 0.0116. The molecule has 1 unspecified atom stereocenters. The van der Waals surface area contributed by atoms with Crippen LogP contribution >= 0.6 is 19.3 Å². The average Bonchev–Trinajstić information content (AvgIpc) is 2.26. The summed E-state index contributed by atoms with van der Waals surface area (Å²) in [5.74, 6) is 0.251. The van der Waals surface area contributed by atoms with Gasteiger partial charge in [0.15, 0.2) is 0 Å². The first-order valence-electron chi connectivity index (χ1n) is 4.48. The zero-order valence-electron chi connectivity index (χ0n) is 8.61. The van der Waals surface area contributed by atoms with Crippen molar-refractivity contribution in [3.05, 3.63) is 34.4 Å². The largest absolute Gasteiger partial charge is 0.456 e. The van der Waals surface area contributed by atoms with Crippen molar-refractivity contribution in [2.24, 2.45) is 5.50 Å². The van der Waals surface area contributed by atoms with Crippen molar-refractivity contribution in [1.29, 1.82) is 0 Å². The van der Waals surface area contributed by atoms with Crippen LogP contribution in [0.4, 0.5) is 5.69 Å². The van der Waals surface area contributed by atoms with Gasteiger partial charge in [-0.1, -0.05) is 0 Å². The van der Waals surface area contributed by atoms with Gasteiger partial charge in [0.1, 0.15) is 5.75 Å². The van der Waals surface area contributed by atoms with Crippen molar-refractivity contribution in [3.63, 3.8) is 0 Å². The first-order chi connectivity index (χ1) is 7.94. The molecule has 2 N–H and O–H groups in total. The molecule has 0 aliphatic carbocycles. The average molecular weight is 281 g/mol. The third kappa shape index (κ3) is 4.70. The zero-order valence-corrected chi connectivity index (χ0v) is 10.3. The summed E-state index contributed by atoms with van der Waals surface area (Å²) >= 11 is 5.33. The highest BCUT2D eigenvalue weighted by atomic mass is 35.5. The molecule has 1 rings (SSSR count). The Morgan fingerprint density at radius 3 is 2.47 bits per heavy atom. The van der Waals surface area contributed by atoms with E-state index in [2.05, 4.69) is 0 Å². The molecule has 17 heavy (non-hydrogen) atoms. The smallest absolute Gasteiger partial charge is 0.413 e. The number of nitro groups is 1. The first kappa shape index (κ1) is 13.9. The van der Waals surface area contributed by atoms with Crippen LogP contribution in [-0.4, -0.2) is 17.4 Å². The third-order valence-electron chi connectivity index (χ3n) is 1.63. The van der Waals surface area contributed by atoms with Gasteiger partial charge in [-0.25, -0.2) is 10.1 Å². The highest BCUT2D eigenvalue weighted by Gasteiger charge is 2.20. The number of halogens is 1. The number of nitro benzene ring substituents is 1. The van der Waals surface area contributed by atoms with Crippen LogP contribution in [0, 0.1) is 10.1 Å². The number of benzene rings is 1. The van der Waals surface area contributed by atoms with Crippen LogP contribution in [0.1, 0.15) is 0 Å². The van der Waals surface area contributed by atoms with E-state index in [1.54, 1.807) is 0 Å². The van der Waals surface area contributed by atoms with E-state index >= 15 is 0 Å². The van der Waals surface area contributed by atoms with Gasteiger partial charge in [0, 0.05) is 18.0 Å². The molecule has 0 fully saturated rings. The monoisotopic (exact) mass is 280 g/mol. The van der Waals surface area contributed by atoms with Gasteiger partial charge in [0.25, 0.3) is 5.69 Å². The van der Waals surface area contributed by atoms with E-state index in [1.165, 1.54) is 24.3 Å². The predicted molar refractivity (Wildman–Crippen MR) is 62.2 cm³/mol. The Kier molecular flexibility index (Phi) is 4.89. The van der Waals surface area contributed by atoms with E-state index in [4.69, 9.17) is 26.2 Å². The van der Waals surface area contributed by atoms with Crippen molar-refractivity contribution < 1.29 is 18.5 Å². The lowest BCUT2D eigenvalue weighted by molar-refractivity contribution is -0.384. The minimum Gasteiger partial charge on any atom is -0.413 e. The van der Waals surface area contributed by atoms with Gasteiger partial charge >= 0.3 is 7.75 Å². The van der Waals surface area contributed by atoms with Crippen molar-refractivity contribution in [3.8, 4) is 5.75 Å². The summed E-state index contributed by atoms with van der Waals surface area (Å²) in [6.45, 7) is -0.0116. The van der Waals surface area contributed by atoms with Gasteiger partial charge in [-0.05, 0) is 12.1 Å². The van der Waals surface area contributed by atoms with Crippen molar-refractivity contribution in [1.82, 2.24) is 0 Å². The van der Waals surface area contributed by atoms with E-state index < -0.39 is 12.7 Å². The highest BCUT2D eigenvalue weighted by Crippen LogP contribution is 2.40. The molecule has 9 heteroatoms. The maximum Gasteiger partial charge on any atom is 0.456 e. The Bertz CT molecular complexity index is 438.